The summed E-state index contributed by atoms with van der Waals surface area (Å²) >= 11 is 0. The minimum Gasteiger partial charge on any atom is -0.393 e. The van der Waals surface area contributed by atoms with Gasteiger partial charge in [-0.25, -0.2) is 0 Å². The van der Waals surface area contributed by atoms with Crippen LogP contribution in [0.5, 0.6) is 0 Å². The van der Waals surface area contributed by atoms with Gasteiger partial charge in [0.15, 0.2) is 0 Å². The largest absolute Gasteiger partial charge is 0.393 e. The number of hydrogen-bond acceptors (Lipinski definition) is 3. The number of ether oxygens (including phenoxy) is 1. The molecular formula is C25H36O3. The van der Waals surface area contributed by atoms with Crippen LogP contribution >= 0.6 is 0 Å². The van der Waals surface area contributed by atoms with Crippen molar-refractivity contribution in [1.82, 2.24) is 0 Å². The van der Waals surface area contributed by atoms with E-state index in [1.165, 1.54) is 5.57 Å². The van der Waals surface area contributed by atoms with E-state index in [4.69, 9.17) is 9.84 Å². The van der Waals surface area contributed by atoms with Crippen molar-refractivity contribution in [3.05, 3.63) is 70.9 Å². The lowest BCUT2D eigenvalue weighted by molar-refractivity contribution is -0.0683. The minimum absolute atomic E-state index is 0.0359. The maximum Gasteiger partial charge on any atom is 0.0982 e. The van der Waals surface area contributed by atoms with Crippen LogP contribution in [0, 0.1) is 5.41 Å². The van der Waals surface area contributed by atoms with Crippen molar-refractivity contribution >= 4 is 0 Å². The van der Waals surface area contributed by atoms with E-state index >= 15 is 0 Å². The first-order valence-electron chi connectivity index (χ1n) is 10.1. The summed E-state index contributed by atoms with van der Waals surface area (Å²) in [6.45, 7) is 12.6. The van der Waals surface area contributed by atoms with Crippen LogP contribution < -0.4 is 0 Å². The Morgan fingerprint density at radius 3 is 2.43 bits per heavy atom. The van der Waals surface area contributed by atoms with Crippen molar-refractivity contribution in [3.63, 3.8) is 0 Å². The molecule has 3 unspecified atom stereocenters. The molecular weight excluding hydrogens is 348 g/mol. The molecule has 0 saturated heterocycles. The SMILES string of the molecule is CC(=C/C=C/C=C(C)/C=C/C=C(\C)C1C=C2C(C)(C)CC(O)CC2(C)O1)CO. The predicted molar refractivity (Wildman–Crippen MR) is 117 cm³/mol. The van der Waals surface area contributed by atoms with Gasteiger partial charge in [0.05, 0.1) is 24.4 Å². The molecule has 1 heterocycles. The van der Waals surface area contributed by atoms with Crippen molar-refractivity contribution < 1.29 is 14.9 Å². The van der Waals surface area contributed by atoms with Crippen molar-refractivity contribution in [2.24, 2.45) is 5.41 Å². The molecule has 2 aliphatic rings. The zero-order chi connectivity index (χ0) is 20.9. The van der Waals surface area contributed by atoms with Crippen LogP contribution in [0.3, 0.4) is 0 Å². The molecule has 154 valence electrons. The molecule has 0 radical (unpaired) electrons. The maximum atomic E-state index is 10.3. The molecule has 1 fully saturated rings. The highest BCUT2D eigenvalue weighted by Gasteiger charge is 2.50. The molecule has 1 aliphatic carbocycles. The number of hydrogen-bond donors (Lipinski definition) is 2. The third-order valence-corrected chi connectivity index (χ3v) is 5.64. The number of aliphatic hydroxyl groups is 2. The molecule has 2 N–H and O–H groups in total. The van der Waals surface area contributed by atoms with Gasteiger partial charge in [-0.05, 0) is 62.3 Å². The average Bonchev–Trinajstić information content (AvgIpc) is 2.96. The van der Waals surface area contributed by atoms with Crippen LogP contribution in [0.2, 0.25) is 0 Å². The summed E-state index contributed by atoms with van der Waals surface area (Å²) in [6.07, 6.45) is 17.4. The minimum atomic E-state index is -0.370. The van der Waals surface area contributed by atoms with E-state index in [1.807, 2.05) is 31.2 Å². The van der Waals surface area contributed by atoms with Crippen molar-refractivity contribution in [2.45, 2.75) is 72.2 Å². The first-order valence-corrected chi connectivity index (χ1v) is 10.1. The summed E-state index contributed by atoms with van der Waals surface area (Å²) in [4.78, 5) is 0. The normalized spacial score (nSPS) is 31.6. The summed E-state index contributed by atoms with van der Waals surface area (Å²) in [7, 11) is 0. The Labute approximate surface area is 170 Å². The number of fused-ring (bicyclic) bond motifs is 1. The summed E-state index contributed by atoms with van der Waals surface area (Å²) < 4.78 is 6.38. The monoisotopic (exact) mass is 384 g/mol. The Balaban J connectivity index is 2.04. The molecule has 3 heteroatoms. The van der Waals surface area contributed by atoms with Crippen molar-refractivity contribution in [2.75, 3.05) is 6.61 Å². The van der Waals surface area contributed by atoms with Crippen LogP contribution in [-0.4, -0.2) is 34.6 Å². The molecule has 0 aromatic rings. The van der Waals surface area contributed by atoms with Gasteiger partial charge in [0.25, 0.3) is 0 Å². The molecule has 3 nitrogen and oxygen atoms in total. The van der Waals surface area contributed by atoms with Gasteiger partial charge in [-0.3, -0.25) is 0 Å². The molecule has 3 atom stereocenters. The van der Waals surface area contributed by atoms with Crippen LogP contribution in [-0.2, 0) is 4.74 Å². The zero-order valence-electron chi connectivity index (χ0n) is 18.2. The molecule has 2 rings (SSSR count). The first-order chi connectivity index (χ1) is 13.1. The van der Waals surface area contributed by atoms with Gasteiger partial charge in [0.2, 0.25) is 0 Å². The summed E-state index contributed by atoms with van der Waals surface area (Å²) in [5.74, 6) is 0. The second-order valence-electron chi connectivity index (χ2n) is 9.03. The van der Waals surface area contributed by atoms with Gasteiger partial charge in [-0.15, -0.1) is 0 Å². The highest BCUT2D eigenvalue weighted by Crippen LogP contribution is 2.51. The number of rotatable bonds is 6. The van der Waals surface area contributed by atoms with E-state index in [2.05, 4.69) is 58.9 Å². The van der Waals surface area contributed by atoms with Crippen LogP contribution in [0.4, 0.5) is 0 Å². The molecule has 0 spiro atoms. The number of allylic oxidation sites excluding steroid dienone is 8. The lowest BCUT2D eigenvalue weighted by atomic mass is 9.65. The van der Waals surface area contributed by atoms with E-state index < -0.39 is 0 Å². The Hall–Kier alpha value is -1.68. The lowest BCUT2D eigenvalue weighted by Gasteiger charge is -2.44. The van der Waals surface area contributed by atoms with Gasteiger partial charge >= 0.3 is 0 Å². The Kier molecular flexibility index (Phi) is 7.44. The van der Waals surface area contributed by atoms with Crippen molar-refractivity contribution in [1.29, 1.82) is 0 Å². The van der Waals surface area contributed by atoms with E-state index in [-0.39, 0.29) is 29.8 Å². The summed E-state index contributed by atoms with van der Waals surface area (Å²) in [5, 5.41) is 19.2. The quantitative estimate of drug-likeness (QED) is 0.489. The van der Waals surface area contributed by atoms with Gasteiger partial charge in [-0.1, -0.05) is 62.0 Å². The summed E-state index contributed by atoms with van der Waals surface area (Å²) in [5.41, 5.74) is 4.16. The van der Waals surface area contributed by atoms with E-state index in [0.29, 0.717) is 6.42 Å². The molecule has 0 aromatic carbocycles. The average molecular weight is 385 g/mol. The molecule has 1 saturated carbocycles. The van der Waals surface area contributed by atoms with E-state index in [0.717, 1.165) is 23.1 Å². The highest BCUT2D eigenvalue weighted by atomic mass is 16.5. The molecule has 0 aromatic heterocycles. The topological polar surface area (TPSA) is 49.7 Å². The molecule has 28 heavy (non-hydrogen) atoms. The second kappa shape index (κ2) is 9.21. The van der Waals surface area contributed by atoms with Gasteiger partial charge in [-0.2, -0.15) is 0 Å². The van der Waals surface area contributed by atoms with Crippen LogP contribution in [0.1, 0.15) is 54.4 Å². The lowest BCUT2D eigenvalue weighted by Crippen LogP contribution is -2.45. The van der Waals surface area contributed by atoms with E-state index in [1.54, 1.807) is 0 Å². The number of aliphatic hydroxyl groups excluding tert-OH is 2. The van der Waals surface area contributed by atoms with E-state index in [9.17, 15) is 5.11 Å². The van der Waals surface area contributed by atoms with Gasteiger partial charge < -0.3 is 14.9 Å². The summed E-state index contributed by atoms with van der Waals surface area (Å²) in [6, 6.07) is 0. The standard InChI is InChI=1S/C25H36O3/c1-18(10-7-8-11-19(2)17-26)12-9-13-20(3)22-14-23-24(4,5)15-21(27)16-25(23,6)28-22/h7-14,21-22,26-27H,15-17H2,1-6H3/b8-7+,12-9+,18-10+,19-11?,20-13+. The van der Waals surface area contributed by atoms with Gasteiger partial charge in [0, 0.05) is 6.42 Å². The fourth-order valence-corrected chi connectivity index (χ4v) is 4.23. The fourth-order valence-electron chi connectivity index (χ4n) is 4.23. The Morgan fingerprint density at radius 1 is 1.07 bits per heavy atom. The highest BCUT2D eigenvalue weighted by molar-refractivity contribution is 5.37. The second-order valence-corrected chi connectivity index (χ2v) is 9.03. The smallest absolute Gasteiger partial charge is 0.0982 e. The molecule has 0 bridgehead atoms. The van der Waals surface area contributed by atoms with Crippen LogP contribution in [0.25, 0.3) is 0 Å². The molecule has 0 amide bonds. The first kappa shape index (κ1) is 22.6. The predicted octanol–water partition coefficient (Wildman–Crippen LogP) is 5.19. The Bertz CT molecular complexity index is 746. The van der Waals surface area contributed by atoms with Crippen molar-refractivity contribution in [3.8, 4) is 0 Å². The third-order valence-electron chi connectivity index (χ3n) is 5.64. The van der Waals surface area contributed by atoms with Crippen LogP contribution in [0.15, 0.2) is 70.9 Å². The molecule has 1 aliphatic heterocycles. The third kappa shape index (κ3) is 5.66. The zero-order valence-corrected chi connectivity index (χ0v) is 18.2. The maximum absolute atomic E-state index is 10.3. The van der Waals surface area contributed by atoms with Gasteiger partial charge in [0.1, 0.15) is 0 Å². The Morgan fingerprint density at radius 2 is 1.75 bits per heavy atom. The fraction of sp³-hybridized carbons (Fsp3) is 0.520.